The molecule has 3 N–H and O–H groups in total. The Morgan fingerprint density at radius 3 is 2.80 bits per heavy atom. The number of nitrogens with one attached hydrogen (secondary N) is 1. The summed E-state index contributed by atoms with van der Waals surface area (Å²) in [6.07, 6.45) is 5.35. The van der Waals surface area contributed by atoms with Crippen molar-refractivity contribution in [3.05, 3.63) is 30.2 Å². The van der Waals surface area contributed by atoms with Crippen LogP contribution in [0.1, 0.15) is 5.56 Å². The van der Waals surface area contributed by atoms with Gasteiger partial charge < -0.3 is 11.1 Å². The highest BCUT2D eigenvalue weighted by Crippen LogP contribution is 2.17. The van der Waals surface area contributed by atoms with Crippen LogP contribution < -0.4 is 11.1 Å². The lowest BCUT2D eigenvalue weighted by Crippen LogP contribution is -1.96. The minimum absolute atomic E-state index is 0.728. The molecule has 5 heteroatoms. The predicted molar refractivity (Wildman–Crippen MR) is 59.9 cm³/mol. The number of aryl methyl sites for hydroxylation is 2. The normalized spacial score (nSPS) is 10.3. The second-order valence-corrected chi connectivity index (χ2v) is 3.45. The smallest absolute Gasteiger partial charge is 0.132 e. The Morgan fingerprint density at radius 1 is 1.40 bits per heavy atom. The van der Waals surface area contributed by atoms with Crippen molar-refractivity contribution in [2.24, 2.45) is 7.05 Å². The molecule has 0 saturated carbocycles. The van der Waals surface area contributed by atoms with Gasteiger partial charge >= 0.3 is 0 Å². The van der Waals surface area contributed by atoms with Gasteiger partial charge in [-0.05, 0) is 12.5 Å². The maximum atomic E-state index is 5.78. The van der Waals surface area contributed by atoms with Crippen molar-refractivity contribution >= 4 is 17.2 Å². The molecule has 5 nitrogen and oxygen atoms in total. The van der Waals surface area contributed by atoms with Crippen molar-refractivity contribution in [3.8, 4) is 0 Å². The van der Waals surface area contributed by atoms with E-state index in [0.29, 0.717) is 0 Å². The number of anilines is 3. The molecule has 0 bridgehead atoms. The van der Waals surface area contributed by atoms with E-state index in [4.69, 9.17) is 5.73 Å². The zero-order chi connectivity index (χ0) is 10.8. The second kappa shape index (κ2) is 3.61. The van der Waals surface area contributed by atoms with Gasteiger partial charge in [0.2, 0.25) is 0 Å². The molecular weight excluding hydrogens is 190 g/mol. The van der Waals surface area contributed by atoms with Gasteiger partial charge in [-0.2, -0.15) is 5.10 Å². The Morgan fingerprint density at radius 2 is 2.20 bits per heavy atom. The fraction of sp³-hybridized carbons (Fsp3) is 0.200. The van der Waals surface area contributed by atoms with E-state index >= 15 is 0 Å². The van der Waals surface area contributed by atoms with E-state index in [0.717, 1.165) is 22.8 Å². The van der Waals surface area contributed by atoms with Crippen molar-refractivity contribution in [1.29, 1.82) is 0 Å². The third kappa shape index (κ3) is 2.07. The van der Waals surface area contributed by atoms with Crippen LogP contribution in [-0.2, 0) is 7.05 Å². The minimum Gasteiger partial charge on any atom is -0.398 e. The average molecular weight is 203 g/mol. The first-order valence-electron chi connectivity index (χ1n) is 4.63. The number of hydrogen-bond donors (Lipinski definition) is 2. The van der Waals surface area contributed by atoms with Crippen LogP contribution in [0.4, 0.5) is 17.2 Å². The molecular formula is C10H13N5. The van der Waals surface area contributed by atoms with Gasteiger partial charge in [0.15, 0.2) is 0 Å². The van der Waals surface area contributed by atoms with Gasteiger partial charge in [0.25, 0.3) is 0 Å². The first-order chi connectivity index (χ1) is 7.15. The Bertz CT molecular complexity index is 474. The highest BCUT2D eigenvalue weighted by molar-refractivity contribution is 5.60. The molecule has 0 aromatic carbocycles. The molecule has 0 fully saturated rings. The monoisotopic (exact) mass is 203 g/mol. The summed E-state index contributed by atoms with van der Waals surface area (Å²) in [5.41, 5.74) is 8.39. The van der Waals surface area contributed by atoms with E-state index in [2.05, 4.69) is 15.4 Å². The summed E-state index contributed by atoms with van der Waals surface area (Å²) in [5.74, 6) is 0.728. The lowest BCUT2D eigenvalue weighted by Gasteiger charge is -2.04. The van der Waals surface area contributed by atoms with E-state index in [1.807, 2.05) is 26.2 Å². The van der Waals surface area contributed by atoms with E-state index in [1.54, 1.807) is 17.1 Å². The summed E-state index contributed by atoms with van der Waals surface area (Å²) < 4.78 is 1.72. The maximum absolute atomic E-state index is 5.78. The van der Waals surface area contributed by atoms with Crippen LogP contribution in [-0.4, -0.2) is 14.8 Å². The number of pyridine rings is 1. The van der Waals surface area contributed by atoms with Gasteiger partial charge in [0.1, 0.15) is 5.82 Å². The highest BCUT2D eigenvalue weighted by atomic mass is 15.3. The molecule has 0 aliphatic rings. The predicted octanol–water partition coefficient (Wildman–Crippen LogP) is 1.45. The van der Waals surface area contributed by atoms with Crippen molar-refractivity contribution in [3.63, 3.8) is 0 Å². The number of rotatable bonds is 2. The first kappa shape index (κ1) is 9.51. The molecule has 0 spiro atoms. The zero-order valence-corrected chi connectivity index (χ0v) is 8.73. The van der Waals surface area contributed by atoms with Gasteiger partial charge in [-0.3, -0.25) is 4.68 Å². The number of aromatic nitrogens is 3. The third-order valence-corrected chi connectivity index (χ3v) is 2.12. The maximum Gasteiger partial charge on any atom is 0.132 e. The van der Waals surface area contributed by atoms with Crippen molar-refractivity contribution in [2.45, 2.75) is 6.92 Å². The Labute approximate surface area is 87.9 Å². The van der Waals surface area contributed by atoms with Crippen LogP contribution in [0, 0.1) is 6.92 Å². The molecule has 2 aromatic heterocycles. The molecule has 78 valence electrons. The number of nitrogens with zero attached hydrogens (tertiary/aromatic N) is 3. The summed E-state index contributed by atoms with van der Waals surface area (Å²) in [5, 5.41) is 7.17. The molecule has 2 rings (SSSR count). The van der Waals surface area contributed by atoms with Crippen LogP contribution in [0.2, 0.25) is 0 Å². The molecule has 2 heterocycles. The van der Waals surface area contributed by atoms with Crippen LogP contribution in [0.25, 0.3) is 0 Å². The Hall–Kier alpha value is -2.04. The van der Waals surface area contributed by atoms with Gasteiger partial charge in [0.05, 0.1) is 11.9 Å². The molecule has 15 heavy (non-hydrogen) atoms. The lowest BCUT2D eigenvalue weighted by atomic mass is 10.2. The fourth-order valence-corrected chi connectivity index (χ4v) is 1.24. The van der Waals surface area contributed by atoms with Crippen LogP contribution >= 0.6 is 0 Å². The molecule has 0 radical (unpaired) electrons. The van der Waals surface area contributed by atoms with Crippen molar-refractivity contribution < 1.29 is 0 Å². The van der Waals surface area contributed by atoms with E-state index in [9.17, 15) is 0 Å². The summed E-state index contributed by atoms with van der Waals surface area (Å²) >= 11 is 0. The van der Waals surface area contributed by atoms with Crippen LogP contribution in [0.3, 0.4) is 0 Å². The second-order valence-electron chi connectivity index (χ2n) is 3.45. The average Bonchev–Trinajstić information content (AvgIpc) is 2.58. The standard InChI is InChI=1S/C10H13N5/c1-7-4-12-10(3-9(7)11)14-8-5-13-15(2)6-8/h3-6H,1-2H3,(H3,11,12,14). The van der Waals surface area contributed by atoms with Crippen molar-refractivity contribution in [2.75, 3.05) is 11.1 Å². The van der Waals surface area contributed by atoms with Crippen LogP contribution in [0.15, 0.2) is 24.7 Å². The molecule has 0 amide bonds. The molecule has 0 aliphatic carbocycles. The number of hydrogen-bond acceptors (Lipinski definition) is 4. The van der Waals surface area contributed by atoms with Gasteiger partial charge in [-0.1, -0.05) is 0 Å². The summed E-state index contributed by atoms with van der Waals surface area (Å²) in [6, 6.07) is 1.81. The molecule has 0 unspecified atom stereocenters. The first-order valence-corrected chi connectivity index (χ1v) is 4.63. The Balaban J connectivity index is 2.21. The summed E-state index contributed by atoms with van der Waals surface area (Å²) in [4.78, 5) is 4.22. The largest absolute Gasteiger partial charge is 0.398 e. The van der Waals surface area contributed by atoms with Crippen LogP contribution in [0.5, 0.6) is 0 Å². The van der Waals surface area contributed by atoms with Gasteiger partial charge in [0, 0.05) is 31.2 Å². The molecule has 2 aromatic rings. The third-order valence-electron chi connectivity index (χ3n) is 2.12. The SMILES string of the molecule is Cc1cnc(Nc2cnn(C)c2)cc1N. The quantitative estimate of drug-likeness (QED) is 0.775. The highest BCUT2D eigenvalue weighted by Gasteiger charge is 2.00. The topological polar surface area (TPSA) is 68.8 Å². The zero-order valence-electron chi connectivity index (χ0n) is 8.73. The Kier molecular flexibility index (Phi) is 2.29. The molecule has 0 saturated heterocycles. The van der Waals surface area contributed by atoms with E-state index in [-0.39, 0.29) is 0 Å². The van der Waals surface area contributed by atoms with E-state index in [1.165, 1.54) is 0 Å². The fourth-order valence-electron chi connectivity index (χ4n) is 1.24. The molecule has 0 atom stereocenters. The van der Waals surface area contributed by atoms with Gasteiger partial charge in [-0.25, -0.2) is 4.98 Å². The van der Waals surface area contributed by atoms with Gasteiger partial charge in [-0.15, -0.1) is 0 Å². The minimum atomic E-state index is 0.728. The summed E-state index contributed by atoms with van der Waals surface area (Å²) in [7, 11) is 1.86. The molecule has 0 aliphatic heterocycles. The van der Waals surface area contributed by atoms with Crippen molar-refractivity contribution in [1.82, 2.24) is 14.8 Å². The summed E-state index contributed by atoms with van der Waals surface area (Å²) in [6.45, 7) is 1.93. The number of nitrogen functional groups attached to an aromatic ring is 1. The lowest BCUT2D eigenvalue weighted by molar-refractivity contribution is 0.768. The number of nitrogens with two attached hydrogens (primary N) is 1. The van der Waals surface area contributed by atoms with E-state index < -0.39 is 0 Å².